The largest absolute Gasteiger partial charge is 0.388 e. The van der Waals surface area contributed by atoms with Crippen molar-refractivity contribution in [3.05, 3.63) is 70.0 Å². The molecule has 110 valence electrons. The zero-order valence-electron chi connectivity index (χ0n) is 11.7. The lowest BCUT2D eigenvalue weighted by Gasteiger charge is -2.26. The summed E-state index contributed by atoms with van der Waals surface area (Å²) in [6.45, 7) is 0. The highest BCUT2D eigenvalue weighted by Gasteiger charge is 2.20. The summed E-state index contributed by atoms with van der Waals surface area (Å²) in [6.07, 6.45) is 3.55. The topological polar surface area (TPSA) is 20.2 Å². The molecule has 0 saturated heterocycles. The quantitative estimate of drug-likeness (QED) is 0.840. The summed E-state index contributed by atoms with van der Waals surface area (Å²) >= 11 is 6.02. The van der Waals surface area contributed by atoms with Gasteiger partial charge in [-0.1, -0.05) is 48.4 Å². The van der Waals surface area contributed by atoms with E-state index < -0.39 is 6.10 Å². The second-order valence-electron chi connectivity index (χ2n) is 5.75. The molecule has 2 aromatic carbocycles. The Hall–Kier alpha value is -1.38. The molecule has 1 aliphatic rings. The van der Waals surface area contributed by atoms with Crippen LogP contribution in [0.3, 0.4) is 0 Å². The zero-order valence-corrected chi connectivity index (χ0v) is 12.5. The number of rotatable bonds is 4. The highest BCUT2D eigenvalue weighted by Crippen LogP contribution is 2.37. The molecule has 3 rings (SSSR count). The molecule has 0 bridgehead atoms. The molecular weight excluding hydrogens is 287 g/mol. The normalized spacial score (nSPS) is 16.5. The predicted octanol–water partition coefficient (Wildman–Crippen LogP) is 5.02. The highest BCUT2D eigenvalue weighted by atomic mass is 35.5. The van der Waals surface area contributed by atoms with Crippen LogP contribution in [0.25, 0.3) is 0 Å². The third-order valence-electron chi connectivity index (χ3n) is 4.30. The summed E-state index contributed by atoms with van der Waals surface area (Å²) in [5, 5.41) is 10.8. The van der Waals surface area contributed by atoms with Gasteiger partial charge in [0.1, 0.15) is 5.82 Å². The Morgan fingerprint density at radius 2 is 2.00 bits per heavy atom. The second-order valence-corrected chi connectivity index (χ2v) is 6.16. The van der Waals surface area contributed by atoms with Crippen LogP contribution < -0.4 is 0 Å². The van der Waals surface area contributed by atoms with E-state index in [-0.39, 0.29) is 5.82 Å². The minimum Gasteiger partial charge on any atom is -0.388 e. The molecule has 1 aliphatic carbocycles. The lowest BCUT2D eigenvalue weighted by molar-refractivity contribution is 0.178. The number of halogens is 2. The van der Waals surface area contributed by atoms with Gasteiger partial charge in [-0.2, -0.15) is 0 Å². The molecule has 0 spiro atoms. The van der Waals surface area contributed by atoms with Crippen LogP contribution in [0.4, 0.5) is 4.39 Å². The Morgan fingerprint density at radius 3 is 2.67 bits per heavy atom. The maximum atomic E-state index is 13.0. The fourth-order valence-corrected chi connectivity index (χ4v) is 3.02. The van der Waals surface area contributed by atoms with Crippen LogP contribution in [-0.2, 0) is 6.42 Å². The Kier molecular flexibility index (Phi) is 4.27. The van der Waals surface area contributed by atoms with Crippen LogP contribution in [0.2, 0.25) is 5.02 Å². The molecule has 1 unspecified atom stereocenters. The third-order valence-corrected chi connectivity index (χ3v) is 4.65. The summed E-state index contributed by atoms with van der Waals surface area (Å²) in [5.74, 6) is 0.289. The summed E-state index contributed by atoms with van der Waals surface area (Å²) in [6, 6.07) is 12.4. The van der Waals surface area contributed by atoms with Crippen molar-refractivity contribution in [1.82, 2.24) is 0 Å². The lowest BCUT2D eigenvalue weighted by Crippen LogP contribution is -2.10. The molecule has 0 aromatic heterocycles. The number of hydrogen-bond acceptors (Lipinski definition) is 1. The SMILES string of the molecule is OC(Cc1ccc(F)cc1Cl)c1cccc(C2CCC2)c1. The van der Waals surface area contributed by atoms with Crippen LogP contribution in [0.5, 0.6) is 0 Å². The summed E-state index contributed by atoms with van der Waals surface area (Å²) in [7, 11) is 0. The molecular formula is C18H18ClFO. The fourth-order valence-electron chi connectivity index (χ4n) is 2.78. The van der Waals surface area contributed by atoms with E-state index in [1.807, 2.05) is 12.1 Å². The van der Waals surface area contributed by atoms with Gasteiger partial charge in [0.2, 0.25) is 0 Å². The number of aliphatic hydroxyl groups is 1. The molecule has 1 N–H and O–H groups in total. The first-order chi connectivity index (χ1) is 10.1. The minimum absolute atomic E-state index is 0.356. The van der Waals surface area contributed by atoms with Gasteiger partial charge in [0.25, 0.3) is 0 Å². The molecule has 1 nitrogen and oxygen atoms in total. The van der Waals surface area contributed by atoms with E-state index in [0.29, 0.717) is 17.4 Å². The zero-order chi connectivity index (χ0) is 14.8. The maximum Gasteiger partial charge on any atom is 0.124 e. The molecule has 1 fully saturated rings. The molecule has 1 saturated carbocycles. The van der Waals surface area contributed by atoms with Gasteiger partial charge in [0.15, 0.2) is 0 Å². The van der Waals surface area contributed by atoms with Crippen molar-refractivity contribution in [1.29, 1.82) is 0 Å². The van der Waals surface area contributed by atoms with Gasteiger partial charge >= 0.3 is 0 Å². The molecule has 2 aromatic rings. The van der Waals surface area contributed by atoms with Crippen molar-refractivity contribution in [2.45, 2.75) is 37.7 Å². The van der Waals surface area contributed by atoms with Gasteiger partial charge in [0, 0.05) is 11.4 Å². The Labute approximate surface area is 129 Å². The molecule has 21 heavy (non-hydrogen) atoms. The molecule has 0 aliphatic heterocycles. The van der Waals surface area contributed by atoms with Crippen LogP contribution >= 0.6 is 11.6 Å². The van der Waals surface area contributed by atoms with Gasteiger partial charge in [-0.25, -0.2) is 4.39 Å². The first-order valence-electron chi connectivity index (χ1n) is 7.35. The summed E-state index contributed by atoms with van der Waals surface area (Å²) in [5.41, 5.74) is 2.97. The van der Waals surface area contributed by atoms with E-state index in [0.717, 1.165) is 11.1 Å². The average molecular weight is 305 g/mol. The van der Waals surface area contributed by atoms with Gasteiger partial charge < -0.3 is 5.11 Å². The smallest absolute Gasteiger partial charge is 0.124 e. The predicted molar refractivity (Wildman–Crippen MR) is 83.1 cm³/mol. The van der Waals surface area contributed by atoms with E-state index >= 15 is 0 Å². The van der Waals surface area contributed by atoms with Crippen LogP contribution in [0.1, 0.15) is 48.0 Å². The molecule has 0 radical (unpaired) electrons. The first kappa shape index (κ1) is 14.6. The van der Waals surface area contributed by atoms with Crippen molar-refractivity contribution in [2.75, 3.05) is 0 Å². The fraction of sp³-hybridized carbons (Fsp3) is 0.333. The van der Waals surface area contributed by atoms with E-state index in [2.05, 4.69) is 12.1 Å². The Bertz CT molecular complexity index is 637. The van der Waals surface area contributed by atoms with Crippen molar-refractivity contribution in [3.8, 4) is 0 Å². The molecule has 0 heterocycles. The lowest BCUT2D eigenvalue weighted by atomic mass is 9.79. The van der Waals surface area contributed by atoms with Gasteiger partial charge in [0.05, 0.1) is 6.10 Å². The standard InChI is InChI=1S/C18H18ClFO/c19-17-11-16(20)8-7-14(17)10-18(21)15-6-2-5-13(9-15)12-3-1-4-12/h2,5-9,11-12,18,21H,1,3-4,10H2. The van der Waals surface area contributed by atoms with Gasteiger partial charge in [-0.3, -0.25) is 0 Å². The number of aliphatic hydroxyl groups excluding tert-OH is 1. The van der Waals surface area contributed by atoms with Crippen molar-refractivity contribution in [2.24, 2.45) is 0 Å². The van der Waals surface area contributed by atoms with Gasteiger partial charge in [-0.15, -0.1) is 0 Å². The first-order valence-corrected chi connectivity index (χ1v) is 7.73. The third kappa shape index (κ3) is 3.28. The Balaban J connectivity index is 1.76. The number of benzene rings is 2. The monoisotopic (exact) mass is 304 g/mol. The minimum atomic E-state index is -0.618. The molecule has 0 amide bonds. The van der Waals surface area contributed by atoms with Crippen LogP contribution in [0.15, 0.2) is 42.5 Å². The van der Waals surface area contributed by atoms with E-state index in [9.17, 15) is 9.50 Å². The van der Waals surface area contributed by atoms with E-state index in [1.165, 1.54) is 37.0 Å². The van der Waals surface area contributed by atoms with Crippen LogP contribution in [0, 0.1) is 5.82 Å². The molecule has 1 atom stereocenters. The number of hydrogen-bond donors (Lipinski definition) is 1. The van der Waals surface area contributed by atoms with E-state index in [4.69, 9.17) is 11.6 Å². The maximum absolute atomic E-state index is 13.0. The summed E-state index contributed by atoms with van der Waals surface area (Å²) < 4.78 is 13.0. The second kappa shape index (κ2) is 6.17. The average Bonchev–Trinajstić information content (AvgIpc) is 2.40. The highest BCUT2D eigenvalue weighted by molar-refractivity contribution is 6.31. The van der Waals surface area contributed by atoms with Crippen molar-refractivity contribution in [3.63, 3.8) is 0 Å². The van der Waals surface area contributed by atoms with E-state index in [1.54, 1.807) is 6.07 Å². The van der Waals surface area contributed by atoms with Crippen LogP contribution in [-0.4, -0.2) is 5.11 Å². The molecule has 3 heteroatoms. The summed E-state index contributed by atoms with van der Waals surface area (Å²) in [4.78, 5) is 0. The van der Waals surface area contributed by atoms with Crippen molar-refractivity contribution >= 4 is 11.6 Å². The Morgan fingerprint density at radius 1 is 1.19 bits per heavy atom. The van der Waals surface area contributed by atoms with Gasteiger partial charge in [-0.05, 0) is 47.6 Å². The van der Waals surface area contributed by atoms with Crippen molar-refractivity contribution < 1.29 is 9.50 Å².